The van der Waals surface area contributed by atoms with Gasteiger partial charge in [0.1, 0.15) is 5.69 Å². The van der Waals surface area contributed by atoms with E-state index in [4.69, 9.17) is 10.2 Å². The highest BCUT2D eigenvalue weighted by molar-refractivity contribution is 5.88. The van der Waals surface area contributed by atoms with E-state index in [9.17, 15) is 0 Å². The second kappa shape index (κ2) is 7.74. The van der Waals surface area contributed by atoms with Gasteiger partial charge >= 0.3 is 0 Å². The molecule has 1 aromatic carbocycles. The Morgan fingerprint density at radius 2 is 1.81 bits per heavy atom. The van der Waals surface area contributed by atoms with Gasteiger partial charge in [-0.25, -0.2) is 4.68 Å². The van der Waals surface area contributed by atoms with Crippen molar-refractivity contribution in [2.45, 2.75) is 45.2 Å². The van der Waals surface area contributed by atoms with Gasteiger partial charge in [-0.2, -0.15) is 10.2 Å². The maximum atomic E-state index is 4.84. The minimum atomic E-state index is 0.469. The fourth-order valence-corrected chi connectivity index (χ4v) is 3.69. The summed E-state index contributed by atoms with van der Waals surface area (Å²) >= 11 is 0. The van der Waals surface area contributed by atoms with E-state index in [0.717, 1.165) is 22.5 Å². The van der Waals surface area contributed by atoms with Crippen molar-refractivity contribution in [2.75, 3.05) is 0 Å². The summed E-state index contributed by atoms with van der Waals surface area (Å²) in [5.41, 5.74) is 3.92. The molecule has 0 aliphatic carbocycles. The maximum Gasteiger partial charge on any atom is 0.103 e. The monoisotopic (exact) mass is 359 g/mol. The van der Waals surface area contributed by atoms with Crippen LogP contribution in [0.2, 0.25) is 0 Å². The highest BCUT2D eigenvalue weighted by atomic mass is 15.5. The molecule has 27 heavy (non-hydrogen) atoms. The summed E-state index contributed by atoms with van der Waals surface area (Å²) < 4.78 is 1.91. The maximum absolute atomic E-state index is 4.84. The van der Waals surface area contributed by atoms with E-state index >= 15 is 0 Å². The van der Waals surface area contributed by atoms with E-state index in [0.29, 0.717) is 12.1 Å². The molecule has 3 heterocycles. The number of aromatic nitrogens is 3. The summed E-state index contributed by atoms with van der Waals surface area (Å²) in [6, 6.07) is 15.1. The van der Waals surface area contributed by atoms with Gasteiger partial charge in [0.25, 0.3) is 0 Å². The predicted octanol–water partition coefficient (Wildman–Crippen LogP) is 4.53. The van der Waals surface area contributed by atoms with Gasteiger partial charge in [-0.15, -0.1) is 0 Å². The van der Waals surface area contributed by atoms with Crippen molar-refractivity contribution in [3.63, 3.8) is 0 Å². The summed E-state index contributed by atoms with van der Waals surface area (Å²) in [7, 11) is 0. The molecule has 0 N–H and O–H groups in total. The van der Waals surface area contributed by atoms with Gasteiger partial charge < -0.3 is 0 Å². The van der Waals surface area contributed by atoms with Crippen molar-refractivity contribution in [1.82, 2.24) is 19.8 Å². The SMILES string of the molecule is C[C@@H]1CCC[C@@H](C)N1/N=C\c1cn(-c2ccccc2)nc1-c1cccnc1. The third-order valence-corrected chi connectivity index (χ3v) is 5.18. The number of hydrogen-bond donors (Lipinski definition) is 0. The third-order valence-electron chi connectivity index (χ3n) is 5.18. The van der Waals surface area contributed by atoms with Crippen LogP contribution >= 0.6 is 0 Å². The largest absolute Gasteiger partial charge is 0.292 e. The molecule has 0 unspecified atom stereocenters. The molecule has 5 heteroatoms. The zero-order chi connectivity index (χ0) is 18.6. The first-order chi connectivity index (χ1) is 13.2. The van der Waals surface area contributed by atoms with Gasteiger partial charge in [-0.05, 0) is 57.4 Å². The van der Waals surface area contributed by atoms with Crippen molar-refractivity contribution in [3.8, 4) is 16.9 Å². The molecule has 138 valence electrons. The molecule has 0 spiro atoms. The van der Waals surface area contributed by atoms with Crippen LogP contribution < -0.4 is 0 Å². The predicted molar refractivity (Wildman–Crippen MR) is 109 cm³/mol. The number of rotatable bonds is 4. The van der Waals surface area contributed by atoms with Gasteiger partial charge in [0.05, 0.1) is 11.9 Å². The van der Waals surface area contributed by atoms with Crippen LogP contribution in [0.15, 0.2) is 66.2 Å². The van der Waals surface area contributed by atoms with E-state index in [2.05, 4.69) is 36.0 Å². The van der Waals surface area contributed by atoms with E-state index < -0.39 is 0 Å². The number of hydrogen-bond acceptors (Lipinski definition) is 4. The van der Waals surface area contributed by atoms with E-state index in [1.165, 1.54) is 19.3 Å². The molecule has 5 nitrogen and oxygen atoms in total. The van der Waals surface area contributed by atoms with E-state index in [1.807, 2.05) is 53.6 Å². The summed E-state index contributed by atoms with van der Waals surface area (Å²) in [6.45, 7) is 4.50. The first-order valence-electron chi connectivity index (χ1n) is 9.60. The van der Waals surface area contributed by atoms with Crippen LogP contribution in [0.3, 0.4) is 0 Å². The molecule has 2 aromatic heterocycles. The Bertz CT molecular complexity index is 891. The number of benzene rings is 1. The highest BCUT2D eigenvalue weighted by Gasteiger charge is 2.23. The van der Waals surface area contributed by atoms with E-state index in [1.54, 1.807) is 6.20 Å². The van der Waals surface area contributed by atoms with Crippen LogP contribution in [0.1, 0.15) is 38.7 Å². The molecule has 2 atom stereocenters. The average molecular weight is 359 g/mol. The van der Waals surface area contributed by atoms with Gasteiger partial charge in [-0.1, -0.05) is 18.2 Å². The van der Waals surface area contributed by atoms with Gasteiger partial charge in [-0.3, -0.25) is 9.99 Å². The molecular weight excluding hydrogens is 334 g/mol. The van der Waals surface area contributed by atoms with Crippen molar-refractivity contribution >= 4 is 6.21 Å². The normalized spacial score (nSPS) is 20.3. The lowest BCUT2D eigenvalue weighted by Crippen LogP contribution is -2.39. The lowest BCUT2D eigenvalue weighted by atomic mass is 10.00. The molecule has 0 bridgehead atoms. The smallest absolute Gasteiger partial charge is 0.103 e. The van der Waals surface area contributed by atoms with Gasteiger partial charge in [0.15, 0.2) is 0 Å². The zero-order valence-electron chi connectivity index (χ0n) is 15.9. The summed E-state index contributed by atoms with van der Waals surface area (Å²) in [5, 5.41) is 11.9. The topological polar surface area (TPSA) is 46.3 Å². The van der Waals surface area contributed by atoms with Gasteiger partial charge in [0, 0.05) is 41.8 Å². The molecule has 0 amide bonds. The number of nitrogens with zero attached hydrogens (tertiary/aromatic N) is 5. The lowest BCUT2D eigenvalue weighted by molar-refractivity contribution is 0.109. The summed E-state index contributed by atoms with van der Waals surface area (Å²) in [4.78, 5) is 4.25. The van der Waals surface area contributed by atoms with Crippen LogP contribution in [0.4, 0.5) is 0 Å². The highest BCUT2D eigenvalue weighted by Crippen LogP contribution is 2.25. The Hall–Kier alpha value is -2.95. The van der Waals surface area contributed by atoms with Gasteiger partial charge in [0.2, 0.25) is 0 Å². The molecule has 3 aromatic rings. The minimum absolute atomic E-state index is 0.469. The molecule has 4 rings (SSSR count). The number of pyridine rings is 1. The number of para-hydroxylation sites is 1. The van der Waals surface area contributed by atoms with Crippen LogP contribution in [-0.2, 0) is 0 Å². The fourth-order valence-electron chi connectivity index (χ4n) is 3.69. The standard InChI is InChI=1S/C22H25N5/c1-17-8-6-9-18(2)27(17)24-15-20-16-26(21-11-4-3-5-12-21)25-22(20)19-10-7-13-23-14-19/h3-5,7,10-18H,6,8-9H2,1-2H3/b24-15-/t17-,18-/m1/s1. The minimum Gasteiger partial charge on any atom is -0.292 e. The molecule has 1 saturated heterocycles. The molecular formula is C22H25N5. The lowest BCUT2D eigenvalue weighted by Gasteiger charge is -2.36. The number of piperidine rings is 1. The summed E-state index contributed by atoms with van der Waals surface area (Å²) in [5.74, 6) is 0. The molecule has 1 fully saturated rings. The Kier molecular flexibility index (Phi) is 5.01. The van der Waals surface area contributed by atoms with E-state index in [-0.39, 0.29) is 0 Å². The third kappa shape index (κ3) is 3.77. The Labute approximate surface area is 160 Å². The molecule has 1 aliphatic rings. The molecule has 0 radical (unpaired) electrons. The van der Waals surface area contributed by atoms with Crippen LogP contribution in [0, 0.1) is 0 Å². The first-order valence-corrected chi connectivity index (χ1v) is 9.60. The number of hydrazone groups is 1. The van der Waals surface area contributed by atoms with Crippen LogP contribution in [0.25, 0.3) is 16.9 Å². The Morgan fingerprint density at radius 3 is 2.52 bits per heavy atom. The second-order valence-corrected chi connectivity index (χ2v) is 7.21. The first kappa shape index (κ1) is 17.5. The summed E-state index contributed by atoms with van der Waals surface area (Å²) in [6.07, 6.45) is 11.3. The van der Waals surface area contributed by atoms with Crippen molar-refractivity contribution < 1.29 is 0 Å². The average Bonchev–Trinajstić information content (AvgIpc) is 3.13. The van der Waals surface area contributed by atoms with Crippen LogP contribution in [0.5, 0.6) is 0 Å². The molecule has 0 saturated carbocycles. The Balaban J connectivity index is 1.72. The second-order valence-electron chi connectivity index (χ2n) is 7.21. The van der Waals surface area contributed by atoms with Crippen molar-refractivity contribution in [3.05, 3.63) is 66.6 Å². The van der Waals surface area contributed by atoms with Crippen LogP contribution in [-0.4, -0.2) is 38.1 Å². The Morgan fingerprint density at radius 1 is 1.04 bits per heavy atom. The van der Waals surface area contributed by atoms with Crippen molar-refractivity contribution in [1.29, 1.82) is 0 Å². The quantitative estimate of drug-likeness (QED) is 0.643. The van der Waals surface area contributed by atoms with Crippen molar-refractivity contribution in [2.24, 2.45) is 5.10 Å². The fraction of sp³-hybridized carbons (Fsp3) is 0.318. The molecule has 1 aliphatic heterocycles. The zero-order valence-corrected chi connectivity index (χ0v) is 15.9.